The van der Waals surface area contributed by atoms with Crippen molar-refractivity contribution in [2.75, 3.05) is 36.5 Å². The van der Waals surface area contributed by atoms with Crippen LogP contribution in [0.5, 0.6) is 0 Å². The number of ether oxygens (including phenoxy) is 1. The van der Waals surface area contributed by atoms with Gasteiger partial charge in [-0.25, -0.2) is 15.1 Å². The monoisotopic (exact) mass is 539 g/mol. The number of hydrogen-bond acceptors (Lipinski definition) is 9. The van der Waals surface area contributed by atoms with E-state index in [1.807, 2.05) is 0 Å². The van der Waals surface area contributed by atoms with Crippen LogP contribution in [-0.2, 0) is 21.9 Å². The van der Waals surface area contributed by atoms with Crippen LogP contribution in [0.25, 0.3) is 0 Å². The molecule has 1 aliphatic rings. The fourth-order valence-corrected chi connectivity index (χ4v) is 3.59. The van der Waals surface area contributed by atoms with Crippen molar-refractivity contribution in [2.24, 2.45) is 0 Å². The molecule has 1 aliphatic heterocycles. The van der Waals surface area contributed by atoms with Gasteiger partial charge in [0.1, 0.15) is 12.2 Å². The first-order valence-electron chi connectivity index (χ1n) is 10.9. The highest BCUT2D eigenvalue weighted by Gasteiger charge is 2.38. The minimum absolute atomic E-state index is 0.00550. The summed E-state index contributed by atoms with van der Waals surface area (Å²) < 4.78 is 82.5. The largest absolute Gasteiger partial charge is 0.423 e. The average molecular weight is 539 g/mol. The number of carbonyl (C=O) groups excluding carboxylic acids is 1. The van der Waals surface area contributed by atoms with Crippen molar-refractivity contribution in [3.8, 4) is 0 Å². The minimum Gasteiger partial charge on any atom is -0.389 e. The summed E-state index contributed by atoms with van der Waals surface area (Å²) in [5.41, 5.74) is -4.38. The number of piperidine rings is 1. The molecule has 11 nitrogen and oxygen atoms in total. The quantitative estimate of drug-likeness (QED) is 0.363. The number of nitrogens with zero attached hydrogens (tertiary/aromatic N) is 4. The van der Waals surface area contributed by atoms with Crippen LogP contribution in [0.3, 0.4) is 0 Å². The van der Waals surface area contributed by atoms with Gasteiger partial charge in [-0.05, 0) is 13.3 Å². The SMILES string of the molecule is C[C@@H](COCC(=O)N[C@H]1CCN(c2ncc(C(F)(F)F)cn2)C[C@@H]1O)Nc1cn[nH]c(=O)c1C(F)(F)F. The molecule has 37 heavy (non-hydrogen) atoms. The van der Waals surface area contributed by atoms with E-state index in [1.165, 1.54) is 11.8 Å². The number of aromatic nitrogens is 4. The molecule has 2 aromatic rings. The number of amides is 1. The molecule has 0 saturated carbocycles. The lowest BCUT2D eigenvalue weighted by Gasteiger charge is -2.36. The van der Waals surface area contributed by atoms with E-state index in [4.69, 9.17) is 4.74 Å². The minimum atomic E-state index is -4.91. The Kier molecular flexibility index (Phi) is 8.57. The third-order valence-electron chi connectivity index (χ3n) is 5.32. The molecule has 3 atom stereocenters. The van der Waals surface area contributed by atoms with Crippen molar-refractivity contribution < 1.29 is 41.0 Å². The molecule has 0 unspecified atom stereocenters. The van der Waals surface area contributed by atoms with Gasteiger partial charge in [0.05, 0.1) is 36.2 Å². The summed E-state index contributed by atoms with van der Waals surface area (Å²) in [5, 5.41) is 20.5. The van der Waals surface area contributed by atoms with Gasteiger partial charge in [-0.1, -0.05) is 0 Å². The smallest absolute Gasteiger partial charge is 0.389 e. The number of anilines is 2. The van der Waals surface area contributed by atoms with E-state index < -0.39 is 65.4 Å². The zero-order valence-electron chi connectivity index (χ0n) is 19.2. The van der Waals surface area contributed by atoms with E-state index in [9.17, 15) is 41.0 Å². The number of H-pyrrole nitrogens is 1. The summed E-state index contributed by atoms with van der Waals surface area (Å²) in [6, 6.07) is -1.40. The van der Waals surface area contributed by atoms with Crippen LogP contribution in [0.4, 0.5) is 38.0 Å². The summed E-state index contributed by atoms with van der Waals surface area (Å²) in [6.07, 6.45) is -8.21. The maximum Gasteiger partial charge on any atom is 0.423 e. The molecule has 3 heterocycles. The third-order valence-corrected chi connectivity index (χ3v) is 5.32. The molecule has 204 valence electrons. The first-order chi connectivity index (χ1) is 17.3. The van der Waals surface area contributed by atoms with Crippen molar-refractivity contribution in [3.63, 3.8) is 0 Å². The maximum absolute atomic E-state index is 13.1. The molecule has 3 rings (SSSR count). The Labute approximate surface area is 205 Å². The molecular formula is C20H23F6N7O4. The molecule has 17 heteroatoms. The lowest BCUT2D eigenvalue weighted by Crippen LogP contribution is -2.55. The summed E-state index contributed by atoms with van der Waals surface area (Å²) in [4.78, 5) is 32.5. The van der Waals surface area contributed by atoms with E-state index in [0.29, 0.717) is 12.4 Å². The van der Waals surface area contributed by atoms with Crippen LogP contribution in [0.15, 0.2) is 23.4 Å². The van der Waals surface area contributed by atoms with Gasteiger partial charge in [0.15, 0.2) is 0 Å². The first kappa shape index (κ1) is 28.1. The predicted octanol–water partition coefficient (Wildman–Crippen LogP) is 1.17. The fourth-order valence-electron chi connectivity index (χ4n) is 3.59. The number of halogens is 6. The Morgan fingerprint density at radius 3 is 2.49 bits per heavy atom. The second-order valence-corrected chi connectivity index (χ2v) is 8.29. The number of alkyl halides is 6. The molecule has 0 aromatic carbocycles. The van der Waals surface area contributed by atoms with Crippen molar-refractivity contribution in [1.29, 1.82) is 0 Å². The normalized spacial score (nSPS) is 19.4. The van der Waals surface area contributed by atoms with Crippen molar-refractivity contribution in [1.82, 2.24) is 25.5 Å². The lowest BCUT2D eigenvalue weighted by atomic mass is 10.0. The number of aromatic amines is 1. The Balaban J connectivity index is 1.44. The van der Waals surface area contributed by atoms with Crippen LogP contribution in [0, 0.1) is 0 Å². The van der Waals surface area contributed by atoms with E-state index in [-0.39, 0.29) is 32.1 Å². The molecule has 2 aromatic heterocycles. The van der Waals surface area contributed by atoms with E-state index >= 15 is 0 Å². The number of β-amino-alcohol motifs (C(OH)–C–C–N with tert-alkyl or cyclic N) is 1. The fraction of sp³-hybridized carbons (Fsp3) is 0.550. The van der Waals surface area contributed by atoms with Crippen LogP contribution in [-0.4, -0.2) is 75.7 Å². The van der Waals surface area contributed by atoms with Crippen LogP contribution >= 0.6 is 0 Å². The number of aliphatic hydroxyl groups is 1. The molecule has 0 spiro atoms. The summed E-state index contributed by atoms with van der Waals surface area (Å²) in [6.45, 7) is 1.04. The first-order valence-corrected chi connectivity index (χ1v) is 10.9. The van der Waals surface area contributed by atoms with Gasteiger partial charge in [-0.3, -0.25) is 9.59 Å². The third kappa shape index (κ3) is 7.51. The van der Waals surface area contributed by atoms with Crippen LogP contribution in [0.1, 0.15) is 24.5 Å². The Bertz CT molecular complexity index is 1130. The molecule has 1 amide bonds. The van der Waals surface area contributed by atoms with Crippen LogP contribution < -0.4 is 21.1 Å². The standard InChI is InChI=1S/C20H23F6N7O4/c1-10(30-13-6-29-32-17(36)16(13)20(24,25)26)8-37-9-15(35)31-12-2-3-33(7-14(12)34)18-27-4-11(5-28-18)19(21,22)23/h4-6,10,12,14,34H,2-3,7-9H2,1H3,(H,31,35)(H2,30,32,36)/t10-,12-,14-/m0/s1. The van der Waals surface area contributed by atoms with Gasteiger partial charge in [0.2, 0.25) is 11.9 Å². The lowest BCUT2D eigenvalue weighted by molar-refractivity contribution is -0.139. The number of carbonyl (C=O) groups is 1. The molecule has 0 radical (unpaired) electrons. The van der Waals surface area contributed by atoms with Crippen molar-refractivity contribution in [3.05, 3.63) is 40.1 Å². The van der Waals surface area contributed by atoms with E-state index in [2.05, 4.69) is 25.7 Å². The summed E-state index contributed by atoms with van der Waals surface area (Å²) in [7, 11) is 0. The predicted molar refractivity (Wildman–Crippen MR) is 116 cm³/mol. The van der Waals surface area contributed by atoms with E-state index in [0.717, 1.165) is 6.20 Å². The number of hydrogen-bond donors (Lipinski definition) is 4. The molecule has 0 aliphatic carbocycles. The molecule has 0 bridgehead atoms. The van der Waals surface area contributed by atoms with Crippen molar-refractivity contribution >= 4 is 17.5 Å². The second-order valence-electron chi connectivity index (χ2n) is 8.29. The van der Waals surface area contributed by atoms with Crippen molar-refractivity contribution in [2.45, 2.75) is 43.9 Å². The highest BCUT2D eigenvalue weighted by Crippen LogP contribution is 2.31. The average Bonchev–Trinajstić information content (AvgIpc) is 2.79. The Hall–Kier alpha value is -3.47. The van der Waals surface area contributed by atoms with Gasteiger partial charge in [-0.2, -0.15) is 31.4 Å². The van der Waals surface area contributed by atoms with E-state index in [1.54, 1.807) is 5.10 Å². The molecule has 1 saturated heterocycles. The number of nitrogens with one attached hydrogen (secondary N) is 3. The number of rotatable bonds is 8. The zero-order chi connectivity index (χ0) is 27.4. The van der Waals surface area contributed by atoms with Gasteiger partial charge in [0.25, 0.3) is 5.56 Å². The molecule has 1 fully saturated rings. The Morgan fingerprint density at radius 1 is 1.22 bits per heavy atom. The topological polar surface area (TPSA) is 145 Å². The zero-order valence-corrected chi connectivity index (χ0v) is 19.2. The number of aliphatic hydroxyl groups excluding tert-OH is 1. The second kappa shape index (κ2) is 11.3. The molecular weight excluding hydrogens is 516 g/mol. The summed E-state index contributed by atoms with van der Waals surface area (Å²) >= 11 is 0. The highest BCUT2D eigenvalue weighted by molar-refractivity contribution is 5.77. The summed E-state index contributed by atoms with van der Waals surface area (Å²) in [5.74, 6) is -0.588. The van der Waals surface area contributed by atoms with Gasteiger partial charge < -0.3 is 25.4 Å². The van der Waals surface area contributed by atoms with Gasteiger partial charge in [-0.15, -0.1) is 0 Å². The maximum atomic E-state index is 13.1. The van der Waals surface area contributed by atoms with Gasteiger partial charge in [0, 0.05) is 31.5 Å². The van der Waals surface area contributed by atoms with Gasteiger partial charge >= 0.3 is 12.4 Å². The highest BCUT2D eigenvalue weighted by atomic mass is 19.4. The van der Waals surface area contributed by atoms with Crippen LogP contribution in [0.2, 0.25) is 0 Å². The Morgan fingerprint density at radius 2 is 1.89 bits per heavy atom. The molecule has 4 N–H and O–H groups in total.